The van der Waals surface area contributed by atoms with E-state index >= 15 is 0 Å². The molecule has 0 saturated carbocycles. The van der Waals surface area contributed by atoms with Crippen LogP contribution in [0.2, 0.25) is 5.02 Å². The highest BCUT2D eigenvalue weighted by Gasteiger charge is 2.33. The fourth-order valence-corrected chi connectivity index (χ4v) is 3.95. The first-order valence-electron chi connectivity index (χ1n) is 6.64. The van der Waals surface area contributed by atoms with Gasteiger partial charge in [0.15, 0.2) is 0 Å². The second-order valence-corrected chi connectivity index (χ2v) is 7.23. The molecule has 0 N–H and O–H groups in total. The van der Waals surface area contributed by atoms with Crippen LogP contribution in [-0.2, 0) is 14.8 Å². The van der Waals surface area contributed by atoms with Crippen molar-refractivity contribution in [3.05, 3.63) is 41.0 Å². The van der Waals surface area contributed by atoms with Crippen LogP contribution in [-0.4, -0.2) is 42.6 Å². The van der Waals surface area contributed by atoms with E-state index in [2.05, 4.69) is 10.1 Å². The zero-order chi connectivity index (χ0) is 15.7. The van der Waals surface area contributed by atoms with E-state index in [4.69, 9.17) is 20.9 Å². The van der Waals surface area contributed by atoms with Crippen molar-refractivity contribution >= 4 is 21.6 Å². The molecule has 1 aromatic heterocycles. The highest BCUT2D eigenvalue weighted by atomic mass is 35.5. The number of morpholine rings is 1. The molecule has 2 aromatic rings. The predicted octanol–water partition coefficient (Wildman–Crippen LogP) is 1.79. The van der Waals surface area contributed by atoms with E-state index in [1.165, 1.54) is 16.4 Å². The quantitative estimate of drug-likeness (QED) is 0.844. The number of hydrogen-bond acceptors (Lipinski definition) is 6. The first-order valence-corrected chi connectivity index (χ1v) is 8.46. The van der Waals surface area contributed by atoms with Gasteiger partial charge in [0.05, 0.1) is 11.5 Å². The molecule has 1 aliphatic heterocycles. The molecule has 1 saturated heterocycles. The van der Waals surface area contributed by atoms with Crippen LogP contribution in [0, 0.1) is 6.92 Å². The molecule has 0 unspecified atom stereocenters. The van der Waals surface area contributed by atoms with Gasteiger partial charge in [0.25, 0.3) is 0 Å². The third-order valence-corrected chi connectivity index (χ3v) is 5.39. The van der Waals surface area contributed by atoms with E-state index < -0.39 is 16.1 Å². The fraction of sp³-hybridized carbons (Fsp3) is 0.385. The minimum atomic E-state index is -3.64. The van der Waals surface area contributed by atoms with Crippen LogP contribution in [0.3, 0.4) is 0 Å². The maximum atomic E-state index is 12.7. The SMILES string of the molecule is Cc1nc([C@@H]2CN(S(=O)(=O)c3cccc(Cl)c3)CCO2)no1. The summed E-state index contributed by atoms with van der Waals surface area (Å²) in [5, 5.41) is 4.16. The van der Waals surface area contributed by atoms with Crippen LogP contribution in [0.25, 0.3) is 0 Å². The van der Waals surface area contributed by atoms with Gasteiger partial charge in [-0.3, -0.25) is 0 Å². The van der Waals surface area contributed by atoms with E-state index in [0.717, 1.165) is 0 Å². The molecule has 0 amide bonds. The molecule has 9 heteroatoms. The summed E-state index contributed by atoms with van der Waals surface area (Å²) in [5.74, 6) is 0.761. The van der Waals surface area contributed by atoms with Crippen molar-refractivity contribution in [2.24, 2.45) is 0 Å². The van der Waals surface area contributed by atoms with Crippen LogP contribution in [0.1, 0.15) is 17.8 Å². The summed E-state index contributed by atoms with van der Waals surface area (Å²) in [7, 11) is -3.64. The minimum Gasteiger partial charge on any atom is -0.367 e. The number of halogens is 1. The molecule has 118 valence electrons. The van der Waals surface area contributed by atoms with Crippen molar-refractivity contribution in [1.29, 1.82) is 0 Å². The van der Waals surface area contributed by atoms with Crippen molar-refractivity contribution in [2.45, 2.75) is 17.9 Å². The van der Waals surface area contributed by atoms with Crippen molar-refractivity contribution in [3.8, 4) is 0 Å². The maximum absolute atomic E-state index is 12.7. The van der Waals surface area contributed by atoms with Crippen molar-refractivity contribution < 1.29 is 17.7 Å². The highest BCUT2D eigenvalue weighted by Crippen LogP contribution is 2.26. The number of aryl methyl sites for hydroxylation is 1. The normalized spacial score (nSPS) is 20.2. The molecule has 1 atom stereocenters. The zero-order valence-electron chi connectivity index (χ0n) is 11.8. The van der Waals surface area contributed by atoms with Gasteiger partial charge in [-0.15, -0.1) is 0 Å². The second-order valence-electron chi connectivity index (χ2n) is 4.85. The third kappa shape index (κ3) is 3.00. The molecular weight excluding hydrogens is 330 g/mol. The third-order valence-electron chi connectivity index (χ3n) is 3.29. The summed E-state index contributed by atoms with van der Waals surface area (Å²) in [5.41, 5.74) is 0. The first-order chi connectivity index (χ1) is 10.5. The van der Waals surface area contributed by atoms with Gasteiger partial charge in [-0.2, -0.15) is 9.29 Å². The van der Waals surface area contributed by atoms with Crippen molar-refractivity contribution in [2.75, 3.05) is 19.7 Å². The first kappa shape index (κ1) is 15.4. The summed E-state index contributed by atoms with van der Waals surface area (Å²) in [6, 6.07) is 6.19. The molecule has 0 spiro atoms. The molecule has 1 aromatic carbocycles. The Kier molecular flexibility index (Phi) is 4.18. The van der Waals surface area contributed by atoms with Gasteiger partial charge in [0.2, 0.25) is 21.7 Å². The minimum absolute atomic E-state index is 0.133. The Morgan fingerprint density at radius 3 is 2.91 bits per heavy atom. The Morgan fingerprint density at radius 1 is 1.41 bits per heavy atom. The van der Waals surface area contributed by atoms with Gasteiger partial charge >= 0.3 is 0 Å². The van der Waals surface area contributed by atoms with Gasteiger partial charge in [0, 0.05) is 25.0 Å². The summed E-state index contributed by atoms with van der Waals surface area (Å²) in [6.07, 6.45) is -0.542. The number of benzene rings is 1. The molecule has 1 aliphatic rings. The molecule has 22 heavy (non-hydrogen) atoms. The molecule has 0 aliphatic carbocycles. The summed E-state index contributed by atoms with van der Waals surface area (Å²) < 4.78 is 37.1. The number of ether oxygens (including phenoxy) is 1. The van der Waals surface area contributed by atoms with E-state index in [9.17, 15) is 8.42 Å². The Labute approximate surface area is 132 Å². The number of nitrogens with zero attached hydrogens (tertiary/aromatic N) is 3. The van der Waals surface area contributed by atoms with E-state index in [0.29, 0.717) is 16.7 Å². The van der Waals surface area contributed by atoms with Crippen LogP contribution in [0.15, 0.2) is 33.7 Å². The lowest BCUT2D eigenvalue weighted by atomic mass is 10.3. The van der Waals surface area contributed by atoms with Crippen LogP contribution in [0.4, 0.5) is 0 Å². The second kappa shape index (κ2) is 5.96. The van der Waals surface area contributed by atoms with Crippen LogP contribution >= 0.6 is 11.6 Å². The topological polar surface area (TPSA) is 85.5 Å². The molecular formula is C13H14ClN3O4S. The number of sulfonamides is 1. The average Bonchev–Trinajstić information content (AvgIpc) is 2.94. The van der Waals surface area contributed by atoms with Gasteiger partial charge in [-0.05, 0) is 18.2 Å². The van der Waals surface area contributed by atoms with Crippen LogP contribution in [0.5, 0.6) is 0 Å². The van der Waals surface area contributed by atoms with Crippen LogP contribution < -0.4 is 0 Å². The lowest BCUT2D eigenvalue weighted by molar-refractivity contribution is -0.00858. The fourth-order valence-electron chi connectivity index (χ4n) is 2.22. The van der Waals surface area contributed by atoms with E-state index in [1.807, 2.05) is 0 Å². The van der Waals surface area contributed by atoms with E-state index in [1.54, 1.807) is 19.1 Å². The molecule has 0 bridgehead atoms. The monoisotopic (exact) mass is 343 g/mol. The number of aromatic nitrogens is 2. The molecule has 1 fully saturated rings. The average molecular weight is 344 g/mol. The summed E-state index contributed by atoms with van der Waals surface area (Å²) in [6.45, 7) is 2.33. The lowest BCUT2D eigenvalue weighted by Crippen LogP contribution is -2.42. The zero-order valence-corrected chi connectivity index (χ0v) is 13.3. The van der Waals surface area contributed by atoms with Gasteiger partial charge in [-0.1, -0.05) is 22.8 Å². The van der Waals surface area contributed by atoms with Crippen molar-refractivity contribution in [3.63, 3.8) is 0 Å². The molecule has 3 rings (SSSR count). The van der Waals surface area contributed by atoms with Gasteiger partial charge in [-0.25, -0.2) is 8.42 Å². The smallest absolute Gasteiger partial charge is 0.243 e. The summed E-state index contributed by atoms with van der Waals surface area (Å²) in [4.78, 5) is 4.25. The molecule has 0 radical (unpaired) electrons. The Hall–Kier alpha value is -1.48. The Bertz CT molecular complexity index is 777. The molecule has 2 heterocycles. The maximum Gasteiger partial charge on any atom is 0.243 e. The number of hydrogen-bond donors (Lipinski definition) is 0. The standard InChI is InChI=1S/C13H14ClN3O4S/c1-9-15-13(16-21-9)12-8-17(5-6-20-12)22(18,19)11-4-2-3-10(14)7-11/h2-4,7,12H,5-6,8H2,1H3/t12-/m0/s1. The predicted molar refractivity (Wildman–Crippen MR) is 77.9 cm³/mol. The number of rotatable bonds is 3. The lowest BCUT2D eigenvalue weighted by Gasteiger charge is -2.30. The van der Waals surface area contributed by atoms with Gasteiger partial charge in [0.1, 0.15) is 6.10 Å². The Balaban J connectivity index is 1.85. The highest BCUT2D eigenvalue weighted by molar-refractivity contribution is 7.89. The van der Waals surface area contributed by atoms with E-state index in [-0.39, 0.29) is 24.6 Å². The van der Waals surface area contributed by atoms with Gasteiger partial charge < -0.3 is 9.26 Å². The Morgan fingerprint density at radius 2 is 2.23 bits per heavy atom. The summed E-state index contributed by atoms with van der Waals surface area (Å²) >= 11 is 5.88. The van der Waals surface area contributed by atoms with Crippen molar-refractivity contribution in [1.82, 2.24) is 14.4 Å². The molecule has 7 nitrogen and oxygen atoms in total. The largest absolute Gasteiger partial charge is 0.367 e.